The largest absolute Gasteiger partial charge is 0.481 e. The fourth-order valence-electron chi connectivity index (χ4n) is 1.58. The zero-order chi connectivity index (χ0) is 14.5. The van der Waals surface area contributed by atoms with Gasteiger partial charge in [-0.1, -0.05) is 18.2 Å². The summed E-state index contributed by atoms with van der Waals surface area (Å²) in [4.78, 5) is 14.3. The van der Waals surface area contributed by atoms with Crippen LogP contribution in [0.1, 0.15) is 5.56 Å². The first-order chi connectivity index (χ1) is 9.65. The van der Waals surface area contributed by atoms with Crippen LogP contribution < -0.4 is 9.47 Å². The van der Waals surface area contributed by atoms with E-state index in [-0.39, 0.29) is 24.1 Å². The van der Waals surface area contributed by atoms with Gasteiger partial charge >= 0.3 is 11.6 Å². The van der Waals surface area contributed by atoms with Gasteiger partial charge in [-0.05, 0) is 6.07 Å². The Labute approximate surface area is 114 Å². The number of para-hydroxylation sites is 1. The topological polar surface area (TPSA) is 94.7 Å². The van der Waals surface area contributed by atoms with Crippen LogP contribution in [-0.2, 0) is 6.61 Å². The van der Waals surface area contributed by atoms with Gasteiger partial charge in [0, 0.05) is 17.7 Å². The Bertz CT molecular complexity index is 630. The van der Waals surface area contributed by atoms with Gasteiger partial charge in [-0.15, -0.1) is 0 Å². The lowest BCUT2D eigenvalue weighted by molar-refractivity contribution is -0.386. The molecule has 20 heavy (non-hydrogen) atoms. The molecule has 2 aromatic rings. The SMILES string of the molecule is COc1ccc([N+](=O)[O-])c(Oc2ccccc2CO)n1. The molecule has 1 aromatic heterocycles. The van der Waals surface area contributed by atoms with Crippen molar-refractivity contribution in [2.24, 2.45) is 0 Å². The summed E-state index contributed by atoms with van der Waals surface area (Å²) >= 11 is 0. The molecule has 0 atom stereocenters. The van der Waals surface area contributed by atoms with E-state index in [9.17, 15) is 15.2 Å². The van der Waals surface area contributed by atoms with Crippen molar-refractivity contribution in [1.29, 1.82) is 0 Å². The van der Waals surface area contributed by atoms with Gasteiger partial charge in [0.15, 0.2) is 0 Å². The molecule has 0 saturated heterocycles. The van der Waals surface area contributed by atoms with Gasteiger partial charge < -0.3 is 14.6 Å². The molecule has 1 heterocycles. The predicted molar refractivity (Wildman–Crippen MR) is 69.9 cm³/mol. The number of ether oxygens (including phenoxy) is 2. The lowest BCUT2D eigenvalue weighted by atomic mass is 10.2. The van der Waals surface area contributed by atoms with E-state index in [0.29, 0.717) is 11.3 Å². The maximum Gasteiger partial charge on any atom is 0.331 e. The molecule has 0 aliphatic rings. The first kappa shape index (κ1) is 13.8. The fourth-order valence-corrected chi connectivity index (χ4v) is 1.58. The van der Waals surface area contributed by atoms with Gasteiger partial charge in [-0.2, -0.15) is 4.98 Å². The standard InChI is InChI=1S/C13H12N2O5/c1-19-12-7-6-10(15(17)18)13(14-12)20-11-5-3-2-4-9(11)8-16/h2-7,16H,8H2,1H3. The molecule has 104 valence electrons. The zero-order valence-electron chi connectivity index (χ0n) is 10.6. The van der Waals surface area contributed by atoms with Gasteiger partial charge in [-0.3, -0.25) is 10.1 Å². The van der Waals surface area contributed by atoms with Gasteiger partial charge in [0.1, 0.15) is 5.75 Å². The van der Waals surface area contributed by atoms with E-state index in [1.165, 1.54) is 19.2 Å². The van der Waals surface area contributed by atoms with Crippen molar-refractivity contribution in [3.63, 3.8) is 0 Å². The number of nitro groups is 1. The van der Waals surface area contributed by atoms with E-state index in [4.69, 9.17) is 9.47 Å². The number of hydrogen-bond acceptors (Lipinski definition) is 6. The van der Waals surface area contributed by atoms with Crippen molar-refractivity contribution in [1.82, 2.24) is 4.98 Å². The van der Waals surface area contributed by atoms with E-state index in [1.54, 1.807) is 24.3 Å². The normalized spacial score (nSPS) is 10.1. The second-order valence-corrected chi connectivity index (χ2v) is 3.80. The number of hydrogen-bond donors (Lipinski definition) is 1. The molecule has 1 N–H and O–H groups in total. The molecule has 0 spiro atoms. The predicted octanol–water partition coefficient (Wildman–Crippen LogP) is 2.28. The van der Waals surface area contributed by atoms with E-state index in [1.807, 2.05) is 0 Å². The maximum atomic E-state index is 11.0. The molecular weight excluding hydrogens is 264 g/mol. The smallest absolute Gasteiger partial charge is 0.331 e. The highest BCUT2D eigenvalue weighted by molar-refractivity contribution is 5.46. The quantitative estimate of drug-likeness (QED) is 0.665. The average Bonchev–Trinajstić information content (AvgIpc) is 2.47. The number of aliphatic hydroxyl groups excluding tert-OH is 1. The first-order valence-corrected chi connectivity index (χ1v) is 5.71. The highest BCUT2D eigenvalue weighted by Crippen LogP contribution is 2.32. The van der Waals surface area contributed by atoms with Crippen LogP contribution in [0.5, 0.6) is 17.5 Å². The van der Waals surface area contributed by atoms with Crippen LogP contribution >= 0.6 is 0 Å². The van der Waals surface area contributed by atoms with Gasteiger partial charge in [0.2, 0.25) is 5.88 Å². The molecule has 0 amide bonds. The summed E-state index contributed by atoms with van der Waals surface area (Å²) < 4.78 is 10.4. The van der Waals surface area contributed by atoms with E-state index in [2.05, 4.69) is 4.98 Å². The highest BCUT2D eigenvalue weighted by Gasteiger charge is 2.19. The van der Waals surface area contributed by atoms with Gasteiger partial charge in [0.05, 0.1) is 18.6 Å². The van der Waals surface area contributed by atoms with E-state index < -0.39 is 4.92 Å². The summed E-state index contributed by atoms with van der Waals surface area (Å²) in [6.45, 7) is -0.242. The Kier molecular flexibility index (Phi) is 4.11. The van der Waals surface area contributed by atoms with Crippen LogP contribution in [0.2, 0.25) is 0 Å². The van der Waals surface area contributed by atoms with Crippen LogP contribution in [0.25, 0.3) is 0 Å². The Hall–Kier alpha value is -2.67. The Morgan fingerprint density at radius 2 is 2.05 bits per heavy atom. The molecule has 1 aromatic carbocycles. The first-order valence-electron chi connectivity index (χ1n) is 5.71. The van der Waals surface area contributed by atoms with Crippen LogP contribution in [0.4, 0.5) is 5.69 Å². The van der Waals surface area contributed by atoms with E-state index in [0.717, 1.165) is 0 Å². The Morgan fingerprint density at radius 1 is 1.30 bits per heavy atom. The molecule has 0 fully saturated rings. The molecule has 0 saturated carbocycles. The minimum atomic E-state index is -0.594. The van der Waals surface area contributed by atoms with Crippen molar-refractivity contribution in [2.45, 2.75) is 6.61 Å². The van der Waals surface area contributed by atoms with Crippen molar-refractivity contribution in [3.8, 4) is 17.5 Å². The number of benzene rings is 1. The molecular formula is C13H12N2O5. The van der Waals surface area contributed by atoms with E-state index >= 15 is 0 Å². The second-order valence-electron chi connectivity index (χ2n) is 3.80. The fraction of sp³-hybridized carbons (Fsp3) is 0.154. The Balaban J connectivity index is 2.43. The van der Waals surface area contributed by atoms with Crippen LogP contribution in [0, 0.1) is 10.1 Å². The number of aliphatic hydroxyl groups is 1. The van der Waals surface area contributed by atoms with Gasteiger partial charge in [0.25, 0.3) is 0 Å². The number of methoxy groups -OCH3 is 1. The van der Waals surface area contributed by atoms with Gasteiger partial charge in [-0.25, -0.2) is 0 Å². The Morgan fingerprint density at radius 3 is 2.70 bits per heavy atom. The van der Waals surface area contributed by atoms with Crippen molar-refractivity contribution >= 4 is 5.69 Å². The number of pyridine rings is 1. The summed E-state index contributed by atoms with van der Waals surface area (Å²) in [6.07, 6.45) is 0. The molecule has 7 heteroatoms. The minimum Gasteiger partial charge on any atom is -0.481 e. The molecule has 0 aliphatic carbocycles. The molecule has 2 rings (SSSR count). The molecule has 0 bridgehead atoms. The molecule has 0 unspecified atom stereocenters. The summed E-state index contributed by atoms with van der Waals surface area (Å²) in [5, 5.41) is 20.2. The van der Waals surface area contributed by atoms with Crippen LogP contribution in [0.3, 0.4) is 0 Å². The number of nitrogens with zero attached hydrogens (tertiary/aromatic N) is 2. The highest BCUT2D eigenvalue weighted by atomic mass is 16.6. The number of aromatic nitrogens is 1. The molecule has 7 nitrogen and oxygen atoms in total. The van der Waals surface area contributed by atoms with Crippen LogP contribution in [-0.4, -0.2) is 22.1 Å². The third kappa shape index (κ3) is 2.83. The van der Waals surface area contributed by atoms with Crippen molar-refractivity contribution < 1.29 is 19.5 Å². The van der Waals surface area contributed by atoms with Crippen molar-refractivity contribution in [3.05, 3.63) is 52.1 Å². The van der Waals surface area contributed by atoms with Crippen LogP contribution in [0.15, 0.2) is 36.4 Å². The lowest BCUT2D eigenvalue weighted by Crippen LogP contribution is -1.99. The lowest BCUT2D eigenvalue weighted by Gasteiger charge is -2.09. The average molecular weight is 276 g/mol. The number of rotatable bonds is 5. The minimum absolute atomic E-state index is 0.185. The monoisotopic (exact) mass is 276 g/mol. The summed E-state index contributed by atoms with van der Waals surface area (Å²) in [5.41, 5.74) is 0.227. The molecule has 0 aliphatic heterocycles. The summed E-state index contributed by atoms with van der Waals surface area (Å²) in [6, 6.07) is 9.30. The second kappa shape index (κ2) is 5.98. The van der Waals surface area contributed by atoms with Crippen molar-refractivity contribution in [2.75, 3.05) is 7.11 Å². The maximum absolute atomic E-state index is 11.0. The summed E-state index contributed by atoms with van der Waals surface area (Å²) in [5.74, 6) is 0.321. The third-order valence-electron chi connectivity index (χ3n) is 2.57. The zero-order valence-corrected chi connectivity index (χ0v) is 10.6. The molecule has 0 radical (unpaired) electrons. The third-order valence-corrected chi connectivity index (χ3v) is 2.57. The summed E-state index contributed by atoms with van der Waals surface area (Å²) in [7, 11) is 1.40.